The molecule has 1 aromatic carbocycles. The van der Waals surface area contributed by atoms with Gasteiger partial charge in [0.15, 0.2) is 0 Å². The Labute approximate surface area is 93.1 Å². The van der Waals surface area contributed by atoms with E-state index < -0.39 is 0 Å². The van der Waals surface area contributed by atoms with Crippen LogP contribution in [-0.2, 0) is 6.42 Å². The lowest BCUT2D eigenvalue weighted by Gasteiger charge is -2.09. The molecule has 2 heterocycles. The first-order valence-corrected chi connectivity index (χ1v) is 5.29. The molecule has 1 aromatic heterocycles. The first kappa shape index (κ1) is 9.33. The number of anilines is 1. The lowest BCUT2D eigenvalue weighted by molar-refractivity contribution is 0.626. The zero-order valence-corrected chi connectivity index (χ0v) is 8.65. The zero-order valence-electron chi connectivity index (χ0n) is 8.65. The minimum absolute atomic E-state index is 0.165. The fourth-order valence-corrected chi connectivity index (χ4v) is 2.09. The van der Waals surface area contributed by atoms with Gasteiger partial charge >= 0.3 is 0 Å². The Kier molecular flexibility index (Phi) is 2.10. The molecule has 80 valence electrons. The predicted molar refractivity (Wildman–Crippen MR) is 60.7 cm³/mol. The normalized spacial score (nSPS) is 17.9. The highest BCUT2D eigenvalue weighted by Crippen LogP contribution is 2.33. The molecule has 0 fully saturated rings. The third kappa shape index (κ3) is 1.54. The molecule has 0 amide bonds. The molecular formula is C13H11FN2. The van der Waals surface area contributed by atoms with Gasteiger partial charge in [-0.1, -0.05) is 6.07 Å². The van der Waals surface area contributed by atoms with E-state index in [0.717, 1.165) is 23.4 Å². The number of nitrogens with one attached hydrogen (secondary N) is 1. The summed E-state index contributed by atoms with van der Waals surface area (Å²) in [6, 6.07) is 10.9. The van der Waals surface area contributed by atoms with Gasteiger partial charge in [0, 0.05) is 18.3 Å². The van der Waals surface area contributed by atoms with E-state index in [1.807, 2.05) is 18.2 Å². The van der Waals surface area contributed by atoms with E-state index in [2.05, 4.69) is 10.3 Å². The Morgan fingerprint density at radius 2 is 2.19 bits per heavy atom. The molecule has 1 aliphatic heterocycles. The van der Waals surface area contributed by atoms with Gasteiger partial charge in [0.25, 0.3) is 0 Å². The standard InChI is InChI=1S/C13H11FN2/c14-10-4-5-11-9(7-10)8-13(16-11)12-3-1-2-6-15-12/h1-7,13,16H,8H2. The monoisotopic (exact) mass is 214 g/mol. The van der Waals surface area contributed by atoms with Gasteiger partial charge < -0.3 is 5.32 Å². The van der Waals surface area contributed by atoms with Crippen LogP contribution in [0.5, 0.6) is 0 Å². The lowest BCUT2D eigenvalue weighted by Crippen LogP contribution is -2.07. The highest BCUT2D eigenvalue weighted by Gasteiger charge is 2.22. The predicted octanol–water partition coefficient (Wildman–Crippen LogP) is 2.93. The van der Waals surface area contributed by atoms with E-state index in [4.69, 9.17) is 0 Å². The van der Waals surface area contributed by atoms with Gasteiger partial charge in [-0.15, -0.1) is 0 Å². The van der Waals surface area contributed by atoms with E-state index in [1.54, 1.807) is 18.3 Å². The third-order valence-electron chi connectivity index (χ3n) is 2.87. The number of benzene rings is 1. The Bertz CT molecular complexity index is 511. The van der Waals surface area contributed by atoms with Crippen LogP contribution in [0.15, 0.2) is 42.6 Å². The van der Waals surface area contributed by atoms with E-state index >= 15 is 0 Å². The van der Waals surface area contributed by atoms with Gasteiger partial charge in [0.05, 0.1) is 11.7 Å². The number of aromatic nitrogens is 1. The van der Waals surface area contributed by atoms with Crippen molar-refractivity contribution < 1.29 is 4.39 Å². The molecule has 1 aliphatic rings. The van der Waals surface area contributed by atoms with Gasteiger partial charge in [0.2, 0.25) is 0 Å². The fourth-order valence-electron chi connectivity index (χ4n) is 2.09. The van der Waals surface area contributed by atoms with Crippen molar-refractivity contribution in [3.05, 3.63) is 59.7 Å². The van der Waals surface area contributed by atoms with Crippen LogP contribution in [0.4, 0.5) is 10.1 Å². The van der Waals surface area contributed by atoms with Gasteiger partial charge in [-0.2, -0.15) is 0 Å². The van der Waals surface area contributed by atoms with E-state index in [-0.39, 0.29) is 11.9 Å². The summed E-state index contributed by atoms with van der Waals surface area (Å²) < 4.78 is 13.0. The van der Waals surface area contributed by atoms with Crippen LogP contribution in [0, 0.1) is 5.82 Å². The molecule has 0 bridgehead atoms. The Balaban J connectivity index is 1.91. The average molecular weight is 214 g/mol. The molecule has 3 heteroatoms. The summed E-state index contributed by atoms with van der Waals surface area (Å²) in [5.74, 6) is -0.178. The molecule has 2 nitrogen and oxygen atoms in total. The SMILES string of the molecule is Fc1ccc2c(c1)CC(c1ccccn1)N2. The maximum atomic E-state index is 13.0. The van der Waals surface area contributed by atoms with Crippen molar-refractivity contribution in [2.24, 2.45) is 0 Å². The van der Waals surface area contributed by atoms with E-state index in [0.29, 0.717) is 0 Å². The quantitative estimate of drug-likeness (QED) is 0.789. The molecule has 1 unspecified atom stereocenters. The second kappa shape index (κ2) is 3.59. The molecule has 1 N–H and O–H groups in total. The Morgan fingerprint density at radius 3 is 3.00 bits per heavy atom. The van der Waals surface area contributed by atoms with Crippen molar-refractivity contribution in [1.82, 2.24) is 4.98 Å². The number of halogens is 1. The number of nitrogens with zero attached hydrogens (tertiary/aromatic N) is 1. The van der Waals surface area contributed by atoms with Crippen molar-refractivity contribution in [3.63, 3.8) is 0 Å². The smallest absolute Gasteiger partial charge is 0.123 e. The number of rotatable bonds is 1. The van der Waals surface area contributed by atoms with Crippen LogP contribution in [-0.4, -0.2) is 4.98 Å². The van der Waals surface area contributed by atoms with Crippen molar-refractivity contribution in [1.29, 1.82) is 0 Å². The summed E-state index contributed by atoms with van der Waals surface area (Å²) in [6.07, 6.45) is 2.57. The summed E-state index contributed by atoms with van der Waals surface area (Å²) in [5.41, 5.74) is 3.03. The Morgan fingerprint density at radius 1 is 1.25 bits per heavy atom. The topological polar surface area (TPSA) is 24.9 Å². The Hall–Kier alpha value is -1.90. The molecule has 3 rings (SSSR count). The molecule has 2 aromatic rings. The minimum atomic E-state index is -0.178. The number of fused-ring (bicyclic) bond motifs is 1. The first-order valence-electron chi connectivity index (χ1n) is 5.29. The van der Waals surface area contributed by atoms with Crippen LogP contribution < -0.4 is 5.32 Å². The third-order valence-corrected chi connectivity index (χ3v) is 2.87. The van der Waals surface area contributed by atoms with Gasteiger partial charge in [-0.3, -0.25) is 4.98 Å². The summed E-state index contributed by atoms with van der Waals surface area (Å²) in [7, 11) is 0. The van der Waals surface area contributed by atoms with Gasteiger partial charge in [-0.25, -0.2) is 4.39 Å². The van der Waals surface area contributed by atoms with E-state index in [9.17, 15) is 4.39 Å². The molecule has 0 aliphatic carbocycles. The van der Waals surface area contributed by atoms with Crippen molar-refractivity contribution in [2.75, 3.05) is 5.32 Å². The number of hydrogen-bond acceptors (Lipinski definition) is 2. The molecule has 1 atom stereocenters. The summed E-state index contributed by atoms with van der Waals surface area (Å²) in [4.78, 5) is 4.31. The summed E-state index contributed by atoms with van der Waals surface area (Å²) >= 11 is 0. The minimum Gasteiger partial charge on any atom is -0.376 e. The summed E-state index contributed by atoms with van der Waals surface area (Å²) in [6.45, 7) is 0. The fraction of sp³-hybridized carbons (Fsp3) is 0.154. The van der Waals surface area contributed by atoms with E-state index in [1.165, 1.54) is 6.07 Å². The summed E-state index contributed by atoms with van der Waals surface area (Å²) in [5, 5.41) is 3.35. The average Bonchev–Trinajstić information content (AvgIpc) is 2.73. The van der Waals surface area contributed by atoms with Crippen molar-refractivity contribution in [2.45, 2.75) is 12.5 Å². The molecular weight excluding hydrogens is 203 g/mol. The van der Waals surface area contributed by atoms with Gasteiger partial charge in [-0.05, 0) is 35.9 Å². The van der Waals surface area contributed by atoms with Crippen molar-refractivity contribution >= 4 is 5.69 Å². The molecule has 0 saturated heterocycles. The van der Waals surface area contributed by atoms with Gasteiger partial charge in [0.1, 0.15) is 5.82 Å². The number of hydrogen-bond donors (Lipinski definition) is 1. The first-order chi connectivity index (χ1) is 7.83. The highest BCUT2D eigenvalue weighted by molar-refractivity contribution is 5.57. The maximum absolute atomic E-state index is 13.0. The van der Waals surface area contributed by atoms with Crippen LogP contribution in [0.25, 0.3) is 0 Å². The molecule has 0 spiro atoms. The highest BCUT2D eigenvalue weighted by atomic mass is 19.1. The second-order valence-electron chi connectivity index (χ2n) is 3.96. The molecule has 0 saturated carbocycles. The van der Waals surface area contributed by atoms with Crippen molar-refractivity contribution in [3.8, 4) is 0 Å². The lowest BCUT2D eigenvalue weighted by atomic mass is 10.1. The van der Waals surface area contributed by atoms with Crippen LogP contribution >= 0.6 is 0 Å². The van der Waals surface area contributed by atoms with Crippen LogP contribution in [0.2, 0.25) is 0 Å². The maximum Gasteiger partial charge on any atom is 0.123 e. The second-order valence-corrected chi connectivity index (χ2v) is 3.96. The van der Waals surface area contributed by atoms with Crippen LogP contribution in [0.1, 0.15) is 17.3 Å². The molecule has 0 radical (unpaired) electrons. The largest absolute Gasteiger partial charge is 0.376 e. The number of pyridine rings is 1. The van der Waals surface area contributed by atoms with Crippen LogP contribution in [0.3, 0.4) is 0 Å². The zero-order chi connectivity index (χ0) is 11.0. The molecule has 16 heavy (non-hydrogen) atoms.